The van der Waals surface area contributed by atoms with Crippen molar-refractivity contribution in [3.63, 3.8) is 0 Å². The molecule has 7 heteroatoms. The molecule has 1 saturated carbocycles. The van der Waals surface area contributed by atoms with Gasteiger partial charge in [0.25, 0.3) is 0 Å². The summed E-state index contributed by atoms with van der Waals surface area (Å²) in [4.78, 5) is 41.2. The Morgan fingerprint density at radius 3 is 2.39 bits per heavy atom. The Bertz CT molecular complexity index is 752. The monoisotopic (exact) mass is 384 g/mol. The second-order valence-electron chi connectivity index (χ2n) is 7.99. The number of para-hydroxylation sites is 1. The van der Waals surface area contributed by atoms with E-state index in [0.29, 0.717) is 26.2 Å². The van der Waals surface area contributed by atoms with Crippen molar-refractivity contribution in [2.45, 2.75) is 50.5 Å². The average Bonchev–Trinajstić information content (AvgIpc) is 2.73. The molecule has 2 N–H and O–H groups in total. The number of nitrogens with one attached hydrogen (secondary N) is 2. The summed E-state index contributed by atoms with van der Waals surface area (Å²) in [6.07, 6.45) is 5.93. The first-order valence-corrected chi connectivity index (χ1v) is 10.3. The van der Waals surface area contributed by atoms with Crippen LogP contribution in [0.25, 0.3) is 0 Å². The molecule has 1 aromatic carbocycles. The molecule has 0 bridgehead atoms. The van der Waals surface area contributed by atoms with Gasteiger partial charge in [-0.1, -0.05) is 37.5 Å². The summed E-state index contributed by atoms with van der Waals surface area (Å²) in [5.41, 5.74) is 1.60. The van der Waals surface area contributed by atoms with Crippen molar-refractivity contribution in [3.05, 3.63) is 29.8 Å². The molecule has 1 aliphatic carbocycles. The summed E-state index contributed by atoms with van der Waals surface area (Å²) < 4.78 is 0. The second kappa shape index (κ2) is 8.20. The van der Waals surface area contributed by atoms with Gasteiger partial charge >= 0.3 is 6.03 Å². The lowest BCUT2D eigenvalue weighted by molar-refractivity contribution is -0.136. The van der Waals surface area contributed by atoms with Crippen LogP contribution in [0.5, 0.6) is 0 Å². The summed E-state index contributed by atoms with van der Waals surface area (Å²) in [5.74, 6) is -0.579. The molecule has 3 aliphatic rings. The van der Waals surface area contributed by atoms with Crippen LogP contribution in [0, 0.1) is 0 Å². The van der Waals surface area contributed by atoms with Gasteiger partial charge in [-0.05, 0) is 24.5 Å². The van der Waals surface area contributed by atoms with Crippen molar-refractivity contribution in [2.75, 3.05) is 31.5 Å². The standard InChI is InChI=1S/C21H28N4O3/c26-19-14-17(16-8-4-5-9-18(16)23-19)20(27)24-10-12-25(13-11-24)21(28)22-15-6-2-1-3-7-15/h4-5,8-9,15,17H,1-3,6-7,10-14H2,(H,22,28)(H,23,26). The van der Waals surface area contributed by atoms with Crippen LogP contribution in [0.2, 0.25) is 0 Å². The summed E-state index contributed by atoms with van der Waals surface area (Å²) in [7, 11) is 0. The Balaban J connectivity index is 1.34. The molecule has 4 amide bonds. The van der Waals surface area contributed by atoms with Crippen molar-refractivity contribution in [2.24, 2.45) is 0 Å². The van der Waals surface area contributed by atoms with Gasteiger partial charge in [0, 0.05) is 44.3 Å². The second-order valence-corrected chi connectivity index (χ2v) is 7.99. The Hall–Kier alpha value is -2.57. The van der Waals surface area contributed by atoms with E-state index in [-0.39, 0.29) is 30.3 Å². The van der Waals surface area contributed by atoms with E-state index in [1.807, 2.05) is 24.3 Å². The van der Waals surface area contributed by atoms with E-state index >= 15 is 0 Å². The third-order valence-corrected chi connectivity index (χ3v) is 6.11. The predicted octanol–water partition coefficient (Wildman–Crippen LogP) is 2.30. The first-order chi connectivity index (χ1) is 13.6. The molecule has 2 heterocycles. The van der Waals surface area contributed by atoms with E-state index in [9.17, 15) is 14.4 Å². The lowest BCUT2D eigenvalue weighted by atomic mass is 9.89. The number of hydrogen-bond donors (Lipinski definition) is 2. The molecule has 0 aromatic heterocycles. The van der Waals surface area contributed by atoms with E-state index in [1.165, 1.54) is 19.3 Å². The molecule has 0 radical (unpaired) electrons. The molecule has 1 unspecified atom stereocenters. The zero-order valence-corrected chi connectivity index (χ0v) is 16.2. The number of piperazine rings is 1. The number of nitrogens with zero attached hydrogens (tertiary/aromatic N) is 2. The number of benzene rings is 1. The minimum Gasteiger partial charge on any atom is -0.339 e. The van der Waals surface area contributed by atoms with Gasteiger partial charge in [-0.2, -0.15) is 0 Å². The Kier molecular flexibility index (Phi) is 5.50. The first kappa shape index (κ1) is 18.8. The number of amides is 4. The van der Waals surface area contributed by atoms with Crippen molar-refractivity contribution in [3.8, 4) is 0 Å². The van der Waals surface area contributed by atoms with Gasteiger partial charge in [-0.3, -0.25) is 9.59 Å². The Morgan fingerprint density at radius 1 is 0.964 bits per heavy atom. The fraction of sp³-hybridized carbons (Fsp3) is 0.571. The van der Waals surface area contributed by atoms with Crippen molar-refractivity contribution < 1.29 is 14.4 Å². The first-order valence-electron chi connectivity index (χ1n) is 10.3. The van der Waals surface area contributed by atoms with Gasteiger partial charge in [-0.15, -0.1) is 0 Å². The minimum atomic E-state index is -0.437. The number of carbonyl (C=O) groups is 3. The summed E-state index contributed by atoms with van der Waals surface area (Å²) in [5, 5.41) is 5.98. The largest absolute Gasteiger partial charge is 0.339 e. The van der Waals surface area contributed by atoms with Crippen LogP contribution in [0.4, 0.5) is 10.5 Å². The van der Waals surface area contributed by atoms with Gasteiger partial charge in [-0.25, -0.2) is 4.79 Å². The van der Waals surface area contributed by atoms with Gasteiger partial charge in [0.1, 0.15) is 0 Å². The van der Waals surface area contributed by atoms with Gasteiger partial charge < -0.3 is 20.4 Å². The third-order valence-electron chi connectivity index (χ3n) is 6.11. The van der Waals surface area contributed by atoms with E-state index in [4.69, 9.17) is 0 Å². The van der Waals surface area contributed by atoms with Gasteiger partial charge in [0.05, 0.1) is 5.92 Å². The molecule has 28 heavy (non-hydrogen) atoms. The maximum absolute atomic E-state index is 13.1. The van der Waals surface area contributed by atoms with Crippen molar-refractivity contribution >= 4 is 23.5 Å². The van der Waals surface area contributed by atoms with Crippen LogP contribution in [-0.2, 0) is 9.59 Å². The maximum Gasteiger partial charge on any atom is 0.317 e. The molecule has 0 spiro atoms. The number of carbonyl (C=O) groups excluding carboxylic acids is 3. The van der Waals surface area contributed by atoms with Crippen LogP contribution >= 0.6 is 0 Å². The van der Waals surface area contributed by atoms with Crippen molar-refractivity contribution in [1.82, 2.24) is 15.1 Å². The number of fused-ring (bicyclic) bond motifs is 1. The number of rotatable bonds is 2. The summed E-state index contributed by atoms with van der Waals surface area (Å²) in [6, 6.07) is 7.77. The van der Waals surface area contributed by atoms with Crippen molar-refractivity contribution in [1.29, 1.82) is 0 Å². The van der Waals surface area contributed by atoms with Crippen LogP contribution in [0.15, 0.2) is 24.3 Å². The third kappa shape index (κ3) is 3.98. The topological polar surface area (TPSA) is 81.8 Å². The number of urea groups is 1. The highest BCUT2D eigenvalue weighted by Crippen LogP contribution is 2.33. The normalized spacial score (nSPS) is 23.0. The molecule has 2 fully saturated rings. The molecule has 1 aromatic rings. The highest BCUT2D eigenvalue weighted by molar-refractivity contribution is 6.01. The quantitative estimate of drug-likeness (QED) is 0.821. The van der Waals surface area contributed by atoms with Gasteiger partial charge in [0.15, 0.2) is 0 Å². The van der Waals surface area contributed by atoms with E-state index in [0.717, 1.165) is 24.1 Å². The van der Waals surface area contributed by atoms with Crippen LogP contribution in [-0.4, -0.2) is 59.9 Å². The van der Waals surface area contributed by atoms with E-state index in [2.05, 4.69) is 10.6 Å². The number of hydrogen-bond acceptors (Lipinski definition) is 3. The van der Waals surface area contributed by atoms with Crippen LogP contribution < -0.4 is 10.6 Å². The lowest BCUT2D eigenvalue weighted by Gasteiger charge is -2.38. The maximum atomic E-state index is 13.1. The van der Waals surface area contributed by atoms with E-state index < -0.39 is 5.92 Å². The van der Waals surface area contributed by atoms with E-state index in [1.54, 1.807) is 9.80 Å². The fourth-order valence-corrected chi connectivity index (χ4v) is 4.49. The average molecular weight is 384 g/mol. The summed E-state index contributed by atoms with van der Waals surface area (Å²) >= 11 is 0. The molecular weight excluding hydrogens is 356 g/mol. The highest BCUT2D eigenvalue weighted by Gasteiger charge is 2.35. The molecule has 7 nitrogen and oxygen atoms in total. The number of anilines is 1. The smallest absolute Gasteiger partial charge is 0.317 e. The summed E-state index contributed by atoms with van der Waals surface area (Å²) in [6.45, 7) is 2.09. The zero-order chi connectivity index (χ0) is 19.5. The molecular formula is C21H28N4O3. The Labute approximate surface area is 165 Å². The Morgan fingerprint density at radius 2 is 1.64 bits per heavy atom. The molecule has 2 aliphatic heterocycles. The molecule has 4 rings (SSSR count). The predicted molar refractivity (Wildman–Crippen MR) is 106 cm³/mol. The highest BCUT2D eigenvalue weighted by atomic mass is 16.2. The SMILES string of the molecule is O=C1CC(C(=O)N2CCN(C(=O)NC3CCCCC3)CC2)c2ccccc2N1. The zero-order valence-electron chi connectivity index (χ0n) is 16.2. The van der Waals surface area contributed by atoms with Crippen LogP contribution in [0.3, 0.4) is 0 Å². The van der Waals surface area contributed by atoms with Crippen LogP contribution in [0.1, 0.15) is 50.0 Å². The lowest BCUT2D eigenvalue weighted by Crippen LogP contribution is -2.55. The minimum absolute atomic E-state index is 0.0126. The molecule has 1 saturated heterocycles. The molecule has 150 valence electrons. The van der Waals surface area contributed by atoms with Gasteiger partial charge in [0.2, 0.25) is 11.8 Å². The fourth-order valence-electron chi connectivity index (χ4n) is 4.49. The molecule has 1 atom stereocenters.